The van der Waals surface area contributed by atoms with Crippen LogP contribution in [0, 0.1) is 0 Å². The number of carbonyl (C=O) groups excluding carboxylic acids is 2. The first kappa shape index (κ1) is 38.2. The third-order valence-electron chi connectivity index (χ3n) is 8.29. The maximum atomic E-state index is 14.2. The molecule has 2 saturated heterocycles. The van der Waals surface area contributed by atoms with Crippen molar-refractivity contribution < 1.29 is 34.0 Å². The Morgan fingerprint density at radius 2 is 1.42 bits per heavy atom. The summed E-state index contributed by atoms with van der Waals surface area (Å²) < 4.78 is 14.2. The second-order valence-electron chi connectivity index (χ2n) is 12.1. The van der Waals surface area contributed by atoms with Gasteiger partial charge in [0.05, 0.1) is 6.04 Å². The van der Waals surface area contributed by atoms with Gasteiger partial charge in [0.1, 0.15) is 18.1 Å². The number of hydrogen-bond acceptors (Lipinski definition) is 7. The van der Waals surface area contributed by atoms with Gasteiger partial charge >= 0.3 is 11.9 Å². The molecular formula is C33H48N7O7P. The van der Waals surface area contributed by atoms with Crippen molar-refractivity contribution in [2.24, 2.45) is 22.2 Å². The van der Waals surface area contributed by atoms with Gasteiger partial charge in [-0.05, 0) is 56.6 Å². The number of nitrogens with one attached hydrogen (secondary N) is 1. The standard InChI is InChI=1S/C27H34N3O5P.C6H14N4O2/c1-20(25(31)29-16-8-14-23(29)26(32)30-17-9-15-24(30)27(33)34)28-36(35,18-21-10-4-2-5-11-21)19-22-12-6-3-7-13-22;7-4(5(11)12)2-1-3-10-6(8)9/h2-7,10-13,20,23-24H,8-9,14-19H2,1H3,(H,28,35)(H,33,34);4H,1-3,7H2,(H,11,12)(H4,8,9,10)/t20-,23-,24-;4-/m00/s1. The number of aliphatic carboxylic acids is 2. The maximum absolute atomic E-state index is 14.2. The van der Waals surface area contributed by atoms with Gasteiger partial charge in [-0.1, -0.05) is 60.7 Å². The number of hydrogen-bond donors (Lipinski definition) is 6. The Labute approximate surface area is 281 Å². The van der Waals surface area contributed by atoms with Crippen LogP contribution in [0.1, 0.15) is 56.6 Å². The van der Waals surface area contributed by atoms with Gasteiger partial charge in [0.2, 0.25) is 11.8 Å². The Balaban J connectivity index is 0.000000444. The van der Waals surface area contributed by atoms with E-state index in [-0.39, 0.29) is 17.8 Å². The summed E-state index contributed by atoms with van der Waals surface area (Å²) in [5, 5.41) is 21.0. The summed E-state index contributed by atoms with van der Waals surface area (Å²) in [7, 11) is -3.07. The van der Waals surface area contributed by atoms with Crippen molar-refractivity contribution in [1.82, 2.24) is 14.9 Å². The molecule has 2 aromatic rings. The molecule has 0 radical (unpaired) electrons. The molecule has 0 aromatic heterocycles. The van der Waals surface area contributed by atoms with E-state index >= 15 is 0 Å². The number of likely N-dealkylation sites (tertiary alicyclic amines) is 2. The SMILES string of the molecule is C[C@H](NP(=O)(Cc1ccccc1)Cc1ccccc1)C(=O)N1CCC[C@H]1C(=O)N1CCC[C@H]1C(=O)O.NC(N)=NCCC[C@H](N)C(=O)O. The average molecular weight is 686 g/mol. The first-order valence-electron chi connectivity index (χ1n) is 16.1. The van der Waals surface area contributed by atoms with E-state index in [0.717, 1.165) is 11.1 Å². The summed E-state index contributed by atoms with van der Waals surface area (Å²) in [6, 6.07) is 16.0. The van der Waals surface area contributed by atoms with E-state index in [1.807, 2.05) is 60.7 Å². The lowest BCUT2D eigenvalue weighted by atomic mass is 10.1. The second-order valence-corrected chi connectivity index (χ2v) is 14.8. The lowest BCUT2D eigenvalue weighted by molar-refractivity contribution is -0.152. The van der Waals surface area contributed by atoms with Gasteiger partial charge in [-0.25, -0.2) is 4.79 Å². The molecule has 262 valence electrons. The van der Waals surface area contributed by atoms with E-state index < -0.39 is 43.4 Å². The molecule has 0 saturated carbocycles. The van der Waals surface area contributed by atoms with E-state index in [1.54, 1.807) is 11.8 Å². The summed E-state index contributed by atoms with van der Waals surface area (Å²) in [5.74, 6) is -2.57. The molecule has 4 rings (SSSR count). The molecule has 9 N–H and O–H groups in total. The molecule has 2 aliphatic heterocycles. The Bertz CT molecular complexity index is 1410. The number of nitrogens with zero attached hydrogens (tertiary/aromatic N) is 3. The van der Waals surface area contributed by atoms with Crippen LogP contribution in [0.25, 0.3) is 0 Å². The lowest BCUT2D eigenvalue weighted by Crippen LogP contribution is -2.53. The molecule has 0 spiro atoms. The van der Waals surface area contributed by atoms with Gasteiger partial charge in [0.25, 0.3) is 0 Å². The summed E-state index contributed by atoms with van der Waals surface area (Å²) >= 11 is 0. The van der Waals surface area contributed by atoms with Gasteiger partial charge in [-0.2, -0.15) is 0 Å². The molecule has 2 fully saturated rings. The fourth-order valence-corrected chi connectivity index (χ4v) is 8.68. The van der Waals surface area contributed by atoms with E-state index in [9.17, 15) is 28.8 Å². The van der Waals surface area contributed by atoms with Crippen LogP contribution in [0.2, 0.25) is 0 Å². The zero-order chi connectivity index (χ0) is 35.3. The molecule has 4 atom stereocenters. The van der Waals surface area contributed by atoms with Crippen molar-refractivity contribution in [1.29, 1.82) is 0 Å². The topological polar surface area (TPSA) is 235 Å². The number of nitrogens with two attached hydrogens (primary N) is 3. The number of carbonyl (C=O) groups is 4. The van der Waals surface area contributed by atoms with Crippen LogP contribution in [0.4, 0.5) is 0 Å². The Hall–Kier alpha value is -4.26. The van der Waals surface area contributed by atoms with Crippen LogP contribution in [0.5, 0.6) is 0 Å². The second kappa shape index (κ2) is 18.3. The van der Waals surface area contributed by atoms with E-state index in [0.29, 0.717) is 70.5 Å². The van der Waals surface area contributed by atoms with Gasteiger partial charge in [-0.3, -0.25) is 24.5 Å². The number of amides is 2. The van der Waals surface area contributed by atoms with Crippen LogP contribution in [-0.2, 0) is 36.1 Å². The minimum Gasteiger partial charge on any atom is -0.480 e. The van der Waals surface area contributed by atoms with Crippen molar-refractivity contribution in [3.05, 3.63) is 71.8 Å². The van der Waals surface area contributed by atoms with E-state index in [4.69, 9.17) is 22.3 Å². The summed E-state index contributed by atoms with van der Waals surface area (Å²) in [6.45, 7) is 2.93. The molecule has 14 nitrogen and oxygen atoms in total. The summed E-state index contributed by atoms with van der Waals surface area (Å²) in [4.78, 5) is 55.2. The van der Waals surface area contributed by atoms with Gasteiger partial charge in [0, 0.05) is 32.0 Å². The summed E-state index contributed by atoms with van der Waals surface area (Å²) in [6.07, 6.45) is 3.81. The number of rotatable bonds is 14. The highest BCUT2D eigenvalue weighted by atomic mass is 31.2. The third-order valence-corrected chi connectivity index (χ3v) is 10.9. The molecule has 0 aliphatic carbocycles. The fourth-order valence-electron chi connectivity index (χ4n) is 5.97. The smallest absolute Gasteiger partial charge is 0.326 e. The van der Waals surface area contributed by atoms with Gasteiger partial charge < -0.3 is 41.8 Å². The quantitative estimate of drug-likeness (QED) is 0.0730. The number of benzene rings is 2. The van der Waals surface area contributed by atoms with Crippen molar-refractivity contribution in [3.8, 4) is 0 Å². The highest BCUT2D eigenvalue weighted by molar-refractivity contribution is 7.60. The fraction of sp³-hybridized carbons (Fsp3) is 0.485. The molecule has 0 unspecified atom stereocenters. The first-order chi connectivity index (χ1) is 22.8. The molecule has 15 heteroatoms. The number of aliphatic imine (C=N–C) groups is 1. The first-order valence-corrected chi connectivity index (χ1v) is 18.2. The molecule has 2 aliphatic rings. The molecule has 48 heavy (non-hydrogen) atoms. The molecule has 2 amide bonds. The molecular weight excluding hydrogens is 637 g/mol. The predicted molar refractivity (Wildman–Crippen MR) is 183 cm³/mol. The Morgan fingerprint density at radius 1 is 0.896 bits per heavy atom. The van der Waals surface area contributed by atoms with Gasteiger partial charge in [-0.15, -0.1) is 0 Å². The Morgan fingerprint density at radius 3 is 1.92 bits per heavy atom. The minimum absolute atomic E-state index is 0.0129. The van der Waals surface area contributed by atoms with Crippen LogP contribution in [0.15, 0.2) is 65.7 Å². The van der Waals surface area contributed by atoms with E-state index in [1.165, 1.54) is 4.90 Å². The monoisotopic (exact) mass is 685 g/mol. The van der Waals surface area contributed by atoms with E-state index in [2.05, 4.69) is 10.1 Å². The average Bonchev–Trinajstić information content (AvgIpc) is 3.74. The number of carboxylic acids is 2. The van der Waals surface area contributed by atoms with Crippen molar-refractivity contribution in [2.45, 2.75) is 81.9 Å². The predicted octanol–water partition coefficient (Wildman–Crippen LogP) is 2.16. The lowest BCUT2D eigenvalue weighted by Gasteiger charge is -2.32. The van der Waals surface area contributed by atoms with Crippen LogP contribution in [-0.4, -0.2) is 93.5 Å². The highest BCUT2D eigenvalue weighted by Gasteiger charge is 2.43. The number of carboxylic acid groups (broad SMARTS) is 2. The zero-order valence-electron chi connectivity index (χ0n) is 27.3. The molecule has 0 bridgehead atoms. The van der Waals surface area contributed by atoms with Gasteiger partial charge in [0.15, 0.2) is 13.3 Å². The van der Waals surface area contributed by atoms with Crippen LogP contribution >= 0.6 is 7.29 Å². The van der Waals surface area contributed by atoms with Crippen molar-refractivity contribution >= 4 is 37.0 Å². The third kappa shape index (κ3) is 11.5. The molecule has 2 heterocycles. The van der Waals surface area contributed by atoms with Crippen molar-refractivity contribution in [2.75, 3.05) is 19.6 Å². The maximum Gasteiger partial charge on any atom is 0.326 e. The molecule has 2 aromatic carbocycles. The normalized spacial score (nSPS) is 18.7. The van der Waals surface area contributed by atoms with Crippen molar-refractivity contribution in [3.63, 3.8) is 0 Å². The zero-order valence-corrected chi connectivity index (χ0v) is 28.2. The minimum atomic E-state index is -3.07. The largest absolute Gasteiger partial charge is 0.480 e. The van der Waals surface area contributed by atoms with Crippen LogP contribution in [0.3, 0.4) is 0 Å². The number of guanidine groups is 1. The summed E-state index contributed by atoms with van der Waals surface area (Å²) in [5.41, 5.74) is 17.2. The Kier molecular flexibility index (Phi) is 14.6. The highest BCUT2D eigenvalue weighted by Crippen LogP contribution is 2.49. The van der Waals surface area contributed by atoms with Crippen LogP contribution < -0.4 is 22.3 Å².